The Hall–Kier alpha value is -3.35. The highest BCUT2D eigenvalue weighted by atomic mass is 15.1. The van der Waals surface area contributed by atoms with Gasteiger partial charge in [-0.25, -0.2) is 9.97 Å². The van der Waals surface area contributed by atoms with Crippen LogP contribution in [0.15, 0.2) is 48.9 Å². The topological polar surface area (TPSA) is 99.5 Å². The van der Waals surface area contributed by atoms with Gasteiger partial charge in [0.05, 0.1) is 5.56 Å². The van der Waals surface area contributed by atoms with E-state index in [4.69, 9.17) is 5.41 Å². The van der Waals surface area contributed by atoms with Crippen LogP contribution >= 0.6 is 0 Å². The van der Waals surface area contributed by atoms with Crippen molar-refractivity contribution in [3.05, 3.63) is 60.0 Å². The molecule has 3 N–H and O–H groups in total. The van der Waals surface area contributed by atoms with Crippen molar-refractivity contribution in [2.24, 2.45) is 0 Å². The third kappa shape index (κ3) is 3.35. The molecule has 0 amide bonds. The van der Waals surface area contributed by atoms with Gasteiger partial charge in [-0.3, -0.25) is 9.97 Å². The third-order valence-electron chi connectivity index (χ3n) is 3.43. The Morgan fingerprint density at radius 1 is 1.04 bits per heavy atom. The lowest BCUT2D eigenvalue weighted by Crippen LogP contribution is -2.10. The molecule has 3 aromatic rings. The van der Waals surface area contributed by atoms with Crippen LogP contribution in [0, 0.1) is 5.41 Å². The van der Waals surface area contributed by atoms with Crippen LogP contribution in [0.2, 0.25) is 0 Å². The largest absolute Gasteiger partial charge is 0.372 e. The maximum atomic E-state index is 7.68. The molecule has 0 bridgehead atoms. The zero-order chi connectivity index (χ0) is 16.8. The van der Waals surface area contributed by atoms with Gasteiger partial charge in [0.25, 0.3) is 0 Å². The molecule has 0 aliphatic heterocycles. The standard InChI is InChI=1S/C17H17N7/c1-19-15-13(10-18)16(22-11-12-5-8-20-9-6-12)24-17(23-15)14-4-2-3-7-21-14/h2-10,18H,11H2,1H3,(H2,19,22,23,24). The van der Waals surface area contributed by atoms with E-state index in [-0.39, 0.29) is 0 Å². The van der Waals surface area contributed by atoms with E-state index in [1.54, 1.807) is 25.6 Å². The minimum atomic E-state index is 0.503. The molecule has 120 valence electrons. The van der Waals surface area contributed by atoms with Crippen LogP contribution < -0.4 is 10.6 Å². The fourth-order valence-electron chi connectivity index (χ4n) is 2.23. The number of anilines is 2. The molecule has 3 heterocycles. The lowest BCUT2D eigenvalue weighted by molar-refractivity contribution is 1.06. The Labute approximate surface area is 139 Å². The second-order valence-corrected chi connectivity index (χ2v) is 4.98. The van der Waals surface area contributed by atoms with Crippen LogP contribution in [-0.4, -0.2) is 33.2 Å². The zero-order valence-electron chi connectivity index (χ0n) is 13.2. The zero-order valence-corrected chi connectivity index (χ0v) is 13.2. The van der Waals surface area contributed by atoms with Crippen molar-refractivity contribution in [3.63, 3.8) is 0 Å². The molecular formula is C17H17N7. The van der Waals surface area contributed by atoms with Gasteiger partial charge >= 0.3 is 0 Å². The van der Waals surface area contributed by atoms with Crippen molar-refractivity contribution < 1.29 is 0 Å². The average molecular weight is 319 g/mol. The molecule has 24 heavy (non-hydrogen) atoms. The van der Waals surface area contributed by atoms with Crippen molar-refractivity contribution >= 4 is 17.9 Å². The normalized spacial score (nSPS) is 10.2. The summed E-state index contributed by atoms with van der Waals surface area (Å²) >= 11 is 0. The van der Waals surface area contributed by atoms with Gasteiger partial charge in [0, 0.05) is 38.4 Å². The Morgan fingerprint density at radius 3 is 2.50 bits per heavy atom. The van der Waals surface area contributed by atoms with Crippen molar-refractivity contribution in [2.75, 3.05) is 17.7 Å². The minimum absolute atomic E-state index is 0.503. The lowest BCUT2D eigenvalue weighted by Gasteiger charge is -2.13. The van der Waals surface area contributed by atoms with Gasteiger partial charge in [-0.15, -0.1) is 0 Å². The first-order valence-electron chi connectivity index (χ1n) is 7.46. The highest BCUT2D eigenvalue weighted by Gasteiger charge is 2.13. The summed E-state index contributed by atoms with van der Waals surface area (Å²) < 4.78 is 0. The van der Waals surface area contributed by atoms with Crippen LogP contribution in [0.4, 0.5) is 11.6 Å². The predicted octanol–water partition coefficient (Wildman–Crippen LogP) is 2.59. The van der Waals surface area contributed by atoms with Crippen molar-refractivity contribution in [1.29, 1.82) is 5.41 Å². The molecule has 0 saturated heterocycles. The first-order chi connectivity index (χ1) is 11.8. The SMILES string of the molecule is CNc1nc(-c2ccccn2)nc(NCc2ccncc2)c1C=N. The van der Waals surface area contributed by atoms with Crippen LogP contribution in [0.25, 0.3) is 11.5 Å². The van der Waals surface area contributed by atoms with Gasteiger partial charge < -0.3 is 16.0 Å². The Balaban J connectivity index is 1.98. The maximum Gasteiger partial charge on any atom is 0.182 e. The molecule has 0 fully saturated rings. The minimum Gasteiger partial charge on any atom is -0.372 e. The third-order valence-corrected chi connectivity index (χ3v) is 3.43. The van der Waals surface area contributed by atoms with Crippen LogP contribution in [0.3, 0.4) is 0 Å². The van der Waals surface area contributed by atoms with Crippen LogP contribution in [0.5, 0.6) is 0 Å². The number of aromatic nitrogens is 4. The molecule has 7 nitrogen and oxygen atoms in total. The molecule has 3 aromatic heterocycles. The molecule has 0 unspecified atom stereocenters. The molecule has 0 atom stereocenters. The quantitative estimate of drug-likeness (QED) is 0.604. The molecule has 0 aliphatic rings. The summed E-state index contributed by atoms with van der Waals surface area (Å²) in [4.78, 5) is 17.3. The summed E-state index contributed by atoms with van der Waals surface area (Å²) in [5, 5.41) is 14.0. The van der Waals surface area contributed by atoms with Crippen molar-refractivity contribution in [3.8, 4) is 11.5 Å². The van der Waals surface area contributed by atoms with Gasteiger partial charge in [0.1, 0.15) is 17.3 Å². The Bertz CT molecular complexity index is 819. The lowest BCUT2D eigenvalue weighted by atomic mass is 10.2. The van der Waals surface area contributed by atoms with Crippen LogP contribution in [0.1, 0.15) is 11.1 Å². The molecule has 3 rings (SSSR count). The monoisotopic (exact) mass is 319 g/mol. The molecule has 0 aliphatic carbocycles. The Morgan fingerprint density at radius 2 is 1.83 bits per heavy atom. The molecule has 0 spiro atoms. The first kappa shape index (κ1) is 15.5. The van der Waals surface area contributed by atoms with E-state index in [9.17, 15) is 0 Å². The summed E-state index contributed by atoms with van der Waals surface area (Å²) in [6, 6.07) is 9.44. The first-order valence-corrected chi connectivity index (χ1v) is 7.46. The van der Waals surface area contributed by atoms with Gasteiger partial charge in [0.2, 0.25) is 0 Å². The van der Waals surface area contributed by atoms with E-state index < -0.39 is 0 Å². The van der Waals surface area contributed by atoms with Gasteiger partial charge in [0.15, 0.2) is 5.82 Å². The smallest absolute Gasteiger partial charge is 0.182 e. The van der Waals surface area contributed by atoms with Gasteiger partial charge in [-0.1, -0.05) is 6.07 Å². The van der Waals surface area contributed by atoms with E-state index >= 15 is 0 Å². The van der Waals surface area contributed by atoms with E-state index in [2.05, 4.69) is 30.6 Å². The predicted molar refractivity (Wildman–Crippen MR) is 94.3 cm³/mol. The average Bonchev–Trinajstić information content (AvgIpc) is 2.67. The molecule has 7 heteroatoms. The van der Waals surface area contributed by atoms with Crippen molar-refractivity contribution in [2.45, 2.75) is 6.54 Å². The summed E-state index contributed by atoms with van der Waals surface area (Å²) in [6.45, 7) is 0.575. The number of rotatable bonds is 6. The fourth-order valence-corrected chi connectivity index (χ4v) is 2.23. The van der Waals surface area contributed by atoms with E-state index in [0.717, 1.165) is 5.56 Å². The molecule has 0 radical (unpaired) electrons. The van der Waals surface area contributed by atoms with Gasteiger partial charge in [-0.05, 0) is 29.8 Å². The van der Waals surface area contributed by atoms with E-state index in [0.29, 0.717) is 35.3 Å². The fraction of sp³-hybridized carbons (Fsp3) is 0.118. The summed E-state index contributed by atoms with van der Waals surface area (Å²) in [6.07, 6.45) is 6.43. The number of hydrogen-bond acceptors (Lipinski definition) is 7. The highest BCUT2D eigenvalue weighted by Crippen LogP contribution is 2.23. The molecular weight excluding hydrogens is 302 g/mol. The second kappa shape index (κ2) is 7.28. The summed E-state index contributed by atoms with van der Waals surface area (Å²) in [7, 11) is 1.77. The summed E-state index contributed by atoms with van der Waals surface area (Å²) in [5.41, 5.74) is 2.36. The van der Waals surface area contributed by atoms with Crippen LogP contribution in [-0.2, 0) is 6.54 Å². The Kier molecular flexibility index (Phi) is 4.71. The molecule has 0 aromatic carbocycles. The summed E-state index contributed by atoms with van der Waals surface area (Å²) in [5.74, 6) is 1.67. The van der Waals surface area contributed by atoms with E-state index in [1.165, 1.54) is 6.21 Å². The highest BCUT2D eigenvalue weighted by molar-refractivity contribution is 5.91. The number of pyridine rings is 2. The number of nitrogens with one attached hydrogen (secondary N) is 3. The van der Waals surface area contributed by atoms with E-state index in [1.807, 2.05) is 30.3 Å². The second-order valence-electron chi connectivity index (χ2n) is 4.98. The molecule has 0 saturated carbocycles. The van der Waals surface area contributed by atoms with Gasteiger partial charge in [-0.2, -0.15) is 0 Å². The number of nitrogens with zero attached hydrogens (tertiary/aromatic N) is 4. The van der Waals surface area contributed by atoms with Crippen molar-refractivity contribution in [1.82, 2.24) is 19.9 Å². The number of hydrogen-bond donors (Lipinski definition) is 3. The maximum absolute atomic E-state index is 7.68.